The molecule has 1 aliphatic carbocycles. The number of ether oxygens (including phenoxy) is 1. The number of carbonyl (C=O) groups is 1. The number of esters is 1. The average Bonchev–Trinajstić information content (AvgIpc) is 2.87. The van der Waals surface area contributed by atoms with Crippen LogP contribution in [0.1, 0.15) is 20.3 Å². The van der Waals surface area contributed by atoms with Crippen LogP contribution in [0.25, 0.3) is 0 Å². The lowest BCUT2D eigenvalue weighted by Gasteiger charge is -2.52. The number of benzene rings is 1. The van der Waals surface area contributed by atoms with Crippen molar-refractivity contribution >= 4 is 19.2 Å². The molecule has 1 aromatic carbocycles. The van der Waals surface area contributed by atoms with Gasteiger partial charge in [-0.15, -0.1) is 0 Å². The molecule has 0 amide bonds. The molecule has 3 rings (SSSR count). The van der Waals surface area contributed by atoms with Crippen molar-refractivity contribution in [3.05, 3.63) is 30.3 Å². The summed E-state index contributed by atoms with van der Waals surface area (Å²) < 4.78 is 5.44. The van der Waals surface area contributed by atoms with Crippen LogP contribution in [0.4, 0.5) is 0 Å². The summed E-state index contributed by atoms with van der Waals surface area (Å²) in [6.45, 7) is 9.30. The van der Waals surface area contributed by atoms with Crippen molar-refractivity contribution in [2.45, 2.75) is 45.0 Å². The van der Waals surface area contributed by atoms with Crippen molar-refractivity contribution in [2.75, 3.05) is 6.61 Å². The average molecular weight is 318 g/mol. The lowest BCUT2D eigenvalue weighted by Crippen LogP contribution is -2.57. The Kier molecular flexibility index (Phi) is 3.73. The molecule has 2 fully saturated rings. The molecule has 0 aromatic heterocycles. The zero-order valence-corrected chi connectivity index (χ0v) is 14.9. The molecule has 3 nitrogen and oxygen atoms in total. The second kappa shape index (κ2) is 5.20. The van der Waals surface area contributed by atoms with Crippen molar-refractivity contribution in [2.24, 2.45) is 17.3 Å². The molecular weight excluding hydrogens is 292 g/mol. The molecule has 1 heterocycles. The molecule has 0 bridgehead atoms. The van der Waals surface area contributed by atoms with E-state index in [9.17, 15) is 9.90 Å². The van der Waals surface area contributed by atoms with Gasteiger partial charge in [-0.1, -0.05) is 62.5 Å². The number of hydrogen-bond acceptors (Lipinski definition) is 3. The Morgan fingerprint density at radius 2 is 1.86 bits per heavy atom. The molecule has 0 unspecified atom stereocenters. The van der Waals surface area contributed by atoms with Gasteiger partial charge in [0.1, 0.15) is 0 Å². The van der Waals surface area contributed by atoms with Crippen LogP contribution in [0, 0.1) is 17.3 Å². The van der Waals surface area contributed by atoms with E-state index in [0.717, 1.165) is 6.42 Å². The van der Waals surface area contributed by atoms with Crippen LogP contribution in [-0.4, -0.2) is 31.9 Å². The highest BCUT2D eigenvalue weighted by Gasteiger charge is 2.58. The maximum absolute atomic E-state index is 12.3. The Morgan fingerprint density at radius 3 is 2.41 bits per heavy atom. The largest absolute Gasteiger partial charge is 0.465 e. The second-order valence-electron chi connectivity index (χ2n) is 8.15. The number of hydrogen-bond donors (Lipinski definition) is 1. The van der Waals surface area contributed by atoms with Gasteiger partial charge >= 0.3 is 5.97 Å². The van der Waals surface area contributed by atoms with Gasteiger partial charge in [-0.3, -0.25) is 4.79 Å². The molecular formula is C18H26O3Si. The van der Waals surface area contributed by atoms with Crippen LogP contribution < -0.4 is 5.19 Å². The molecule has 1 aliphatic heterocycles. The van der Waals surface area contributed by atoms with Gasteiger partial charge < -0.3 is 9.84 Å². The van der Waals surface area contributed by atoms with E-state index in [0.29, 0.717) is 6.61 Å². The van der Waals surface area contributed by atoms with Crippen LogP contribution in [0.5, 0.6) is 0 Å². The number of rotatable bonds is 3. The number of carbonyl (C=O) groups excluding carboxylic acids is 1. The maximum Gasteiger partial charge on any atom is 0.309 e. The molecule has 1 aromatic rings. The predicted octanol–water partition coefficient (Wildman–Crippen LogP) is 2.55. The molecule has 120 valence electrons. The summed E-state index contributed by atoms with van der Waals surface area (Å²) in [7, 11) is -1.83. The smallest absolute Gasteiger partial charge is 0.309 e. The van der Waals surface area contributed by atoms with Crippen LogP contribution in [0.3, 0.4) is 0 Å². The normalized spacial score (nSPS) is 34.1. The lowest BCUT2D eigenvalue weighted by atomic mass is 9.57. The summed E-state index contributed by atoms with van der Waals surface area (Å²) in [6, 6.07) is 10.5. The second-order valence-corrected chi connectivity index (χ2v) is 12.9. The van der Waals surface area contributed by atoms with E-state index in [1.807, 2.05) is 6.07 Å². The van der Waals surface area contributed by atoms with E-state index in [4.69, 9.17) is 4.74 Å². The Morgan fingerprint density at radius 1 is 1.23 bits per heavy atom. The summed E-state index contributed by atoms with van der Waals surface area (Å²) in [5.74, 6) is -0.170. The summed E-state index contributed by atoms with van der Waals surface area (Å²) in [5, 5.41) is 11.8. The number of aliphatic hydroxyl groups excluding tert-OH is 1. The minimum atomic E-state index is -1.83. The summed E-state index contributed by atoms with van der Waals surface area (Å²) in [5.41, 5.74) is 0.175. The van der Waals surface area contributed by atoms with Gasteiger partial charge in [0.15, 0.2) is 0 Å². The van der Waals surface area contributed by atoms with E-state index in [1.54, 1.807) is 0 Å². The predicted molar refractivity (Wildman–Crippen MR) is 89.7 cm³/mol. The van der Waals surface area contributed by atoms with Gasteiger partial charge in [-0.2, -0.15) is 0 Å². The van der Waals surface area contributed by atoms with Crippen LogP contribution in [-0.2, 0) is 9.53 Å². The first-order valence-electron chi connectivity index (χ1n) is 8.15. The SMILES string of the molecule is CC1(C)C[C@@H]([C@H]2C(=O)OC[C@@H]2[Si](C)(C)c2ccccc2)[C@@H]1O. The van der Waals surface area contributed by atoms with Gasteiger partial charge in [-0.25, -0.2) is 0 Å². The molecule has 4 atom stereocenters. The van der Waals surface area contributed by atoms with Crippen molar-refractivity contribution < 1.29 is 14.6 Å². The lowest BCUT2D eigenvalue weighted by molar-refractivity contribution is -0.156. The molecule has 2 aliphatic rings. The Balaban J connectivity index is 1.88. The molecule has 0 radical (unpaired) electrons. The zero-order valence-electron chi connectivity index (χ0n) is 13.9. The minimum absolute atomic E-state index is 0.0606. The monoisotopic (exact) mass is 318 g/mol. The van der Waals surface area contributed by atoms with E-state index in [-0.39, 0.29) is 28.8 Å². The molecule has 1 saturated carbocycles. The van der Waals surface area contributed by atoms with Crippen molar-refractivity contribution in [3.8, 4) is 0 Å². The highest BCUT2D eigenvalue weighted by atomic mass is 28.3. The Labute approximate surface area is 133 Å². The van der Waals surface area contributed by atoms with Crippen molar-refractivity contribution in [3.63, 3.8) is 0 Å². The standard InChI is InChI=1S/C18H26O3Si/c1-18(2)10-13(16(18)19)15-14(11-21-17(15)20)22(3,4)12-8-6-5-7-9-12/h5-9,13-16,19H,10-11H2,1-4H3/t13-,14-,15+,16-/m0/s1. The minimum Gasteiger partial charge on any atom is -0.465 e. The third-order valence-corrected chi connectivity index (χ3v) is 10.2. The third-order valence-electron chi connectivity index (χ3n) is 5.98. The van der Waals surface area contributed by atoms with Crippen molar-refractivity contribution in [1.82, 2.24) is 0 Å². The van der Waals surface area contributed by atoms with Gasteiger partial charge in [0.25, 0.3) is 0 Å². The summed E-state index contributed by atoms with van der Waals surface area (Å²) >= 11 is 0. The first-order chi connectivity index (χ1) is 10.2. The fourth-order valence-electron chi connectivity index (χ4n) is 4.33. The van der Waals surface area contributed by atoms with Crippen LogP contribution >= 0.6 is 0 Å². The van der Waals surface area contributed by atoms with E-state index in [2.05, 4.69) is 51.2 Å². The van der Waals surface area contributed by atoms with Crippen LogP contribution in [0.15, 0.2) is 30.3 Å². The van der Waals surface area contributed by atoms with Gasteiger partial charge in [0.05, 0.1) is 26.7 Å². The Bertz CT molecular complexity index is 567. The Hall–Kier alpha value is -1.13. The quantitative estimate of drug-likeness (QED) is 0.688. The number of aliphatic hydroxyl groups is 1. The third kappa shape index (κ3) is 2.33. The molecule has 22 heavy (non-hydrogen) atoms. The van der Waals surface area contributed by atoms with E-state index >= 15 is 0 Å². The van der Waals surface area contributed by atoms with Gasteiger partial charge in [0.2, 0.25) is 0 Å². The van der Waals surface area contributed by atoms with Gasteiger partial charge in [-0.05, 0) is 17.8 Å². The first kappa shape index (κ1) is 15.8. The molecule has 1 N–H and O–H groups in total. The highest BCUT2D eigenvalue weighted by Crippen LogP contribution is 2.54. The van der Waals surface area contributed by atoms with Gasteiger partial charge in [0, 0.05) is 5.54 Å². The molecule has 1 saturated heterocycles. The molecule has 0 spiro atoms. The highest BCUT2D eigenvalue weighted by molar-refractivity contribution is 6.91. The summed E-state index contributed by atoms with van der Waals surface area (Å²) in [4.78, 5) is 12.3. The van der Waals surface area contributed by atoms with E-state index in [1.165, 1.54) is 5.19 Å². The van der Waals surface area contributed by atoms with Crippen molar-refractivity contribution in [1.29, 1.82) is 0 Å². The first-order valence-corrected chi connectivity index (χ1v) is 11.2. The topological polar surface area (TPSA) is 46.5 Å². The number of cyclic esters (lactones) is 1. The maximum atomic E-state index is 12.3. The summed E-state index contributed by atoms with van der Waals surface area (Å²) in [6.07, 6.45) is 0.509. The zero-order chi connectivity index (χ0) is 16.1. The fraction of sp³-hybridized carbons (Fsp3) is 0.611. The molecule has 4 heteroatoms. The fourth-order valence-corrected chi connectivity index (χ4v) is 7.59. The van der Waals surface area contributed by atoms with E-state index < -0.39 is 14.2 Å². The van der Waals surface area contributed by atoms with Crippen LogP contribution in [0.2, 0.25) is 18.6 Å².